The van der Waals surface area contributed by atoms with Crippen LogP contribution in [0.1, 0.15) is 11.7 Å². The fourth-order valence-electron chi connectivity index (χ4n) is 1.54. The Morgan fingerprint density at radius 1 is 1.50 bits per heavy atom. The van der Waals surface area contributed by atoms with Gasteiger partial charge in [0.05, 0.1) is 6.10 Å². The molecule has 2 unspecified atom stereocenters. The van der Waals surface area contributed by atoms with Gasteiger partial charge in [0.1, 0.15) is 6.10 Å². The highest BCUT2D eigenvalue weighted by molar-refractivity contribution is 5.31. The summed E-state index contributed by atoms with van der Waals surface area (Å²) >= 11 is 0. The minimum atomic E-state index is -0.764. The molecule has 0 aliphatic rings. The molecule has 1 rings (SSSR count). The van der Waals surface area contributed by atoms with Crippen LogP contribution in [-0.4, -0.2) is 37.0 Å². The van der Waals surface area contributed by atoms with E-state index < -0.39 is 23.8 Å². The zero-order valence-electron chi connectivity index (χ0n) is 9.27. The minimum Gasteiger partial charge on any atom is -0.505 e. The number of phenolic OH excluding ortho intramolecular Hbond substituents is 1. The van der Waals surface area contributed by atoms with Gasteiger partial charge in [-0.15, -0.1) is 0 Å². The molecule has 0 aliphatic carbocycles. The van der Waals surface area contributed by atoms with Crippen LogP contribution in [0.5, 0.6) is 5.75 Å². The lowest BCUT2D eigenvalue weighted by Crippen LogP contribution is -2.30. The lowest BCUT2D eigenvalue weighted by atomic mass is 10.0. The number of hydrogen-bond acceptors (Lipinski definition) is 4. The van der Waals surface area contributed by atoms with Gasteiger partial charge in [-0.3, -0.25) is 0 Å². The number of ether oxygens (including phenoxy) is 1. The minimum absolute atomic E-state index is 0.344. The van der Waals surface area contributed by atoms with Crippen molar-refractivity contribution in [3.05, 3.63) is 29.6 Å². The molecule has 0 fully saturated rings. The Labute approximate surface area is 93.7 Å². The zero-order valence-corrected chi connectivity index (χ0v) is 9.27. The molecule has 4 nitrogen and oxygen atoms in total. The highest BCUT2D eigenvalue weighted by Crippen LogP contribution is 2.25. The van der Waals surface area contributed by atoms with Crippen molar-refractivity contribution in [2.75, 3.05) is 20.7 Å². The first-order chi connectivity index (χ1) is 7.60. The molecular weight excluding hydrogens is 213 g/mol. The Morgan fingerprint density at radius 2 is 2.19 bits per heavy atom. The largest absolute Gasteiger partial charge is 0.505 e. The first-order valence-corrected chi connectivity index (χ1v) is 4.94. The van der Waals surface area contributed by atoms with E-state index in [1.54, 1.807) is 7.05 Å². The molecule has 0 aliphatic heterocycles. The molecule has 0 saturated carbocycles. The molecule has 0 radical (unpaired) electrons. The predicted molar refractivity (Wildman–Crippen MR) is 57.7 cm³/mol. The van der Waals surface area contributed by atoms with Crippen LogP contribution in [0.3, 0.4) is 0 Å². The number of halogens is 1. The van der Waals surface area contributed by atoms with Crippen LogP contribution in [0.4, 0.5) is 4.39 Å². The molecule has 0 bridgehead atoms. The van der Waals surface area contributed by atoms with Crippen LogP contribution in [0, 0.1) is 5.82 Å². The summed E-state index contributed by atoms with van der Waals surface area (Å²) in [7, 11) is 3.15. The number of methoxy groups -OCH3 is 1. The fraction of sp³-hybridized carbons (Fsp3) is 0.455. The van der Waals surface area contributed by atoms with E-state index in [-0.39, 0.29) is 0 Å². The second kappa shape index (κ2) is 5.79. The number of nitrogens with one attached hydrogen (secondary N) is 1. The molecule has 90 valence electrons. The lowest BCUT2D eigenvalue weighted by Gasteiger charge is -2.21. The van der Waals surface area contributed by atoms with Crippen LogP contribution < -0.4 is 5.32 Å². The highest BCUT2D eigenvalue weighted by atomic mass is 19.1. The second-order valence-electron chi connectivity index (χ2n) is 3.49. The number of aliphatic hydroxyl groups is 1. The van der Waals surface area contributed by atoms with Gasteiger partial charge in [-0.1, -0.05) is 6.07 Å². The van der Waals surface area contributed by atoms with Gasteiger partial charge in [0.15, 0.2) is 11.6 Å². The van der Waals surface area contributed by atoms with Gasteiger partial charge in [-0.25, -0.2) is 4.39 Å². The highest BCUT2D eigenvalue weighted by Gasteiger charge is 2.21. The molecule has 5 heteroatoms. The molecular formula is C11H16FNO3. The third-order valence-electron chi connectivity index (χ3n) is 2.32. The first kappa shape index (κ1) is 12.9. The summed E-state index contributed by atoms with van der Waals surface area (Å²) in [4.78, 5) is 0. The molecule has 3 N–H and O–H groups in total. The van der Waals surface area contributed by atoms with Crippen LogP contribution in [0.2, 0.25) is 0 Å². The van der Waals surface area contributed by atoms with Crippen molar-refractivity contribution < 1.29 is 19.3 Å². The number of benzene rings is 1. The van der Waals surface area contributed by atoms with E-state index in [1.165, 1.54) is 19.2 Å². The third kappa shape index (κ3) is 2.91. The Bertz CT molecular complexity index is 346. The average molecular weight is 229 g/mol. The molecule has 1 aromatic carbocycles. The summed E-state index contributed by atoms with van der Waals surface area (Å²) < 4.78 is 18.0. The smallest absolute Gasteiger partial charge is 0.164 e. The van der Waals surface area contributed by atoms with Gasteiger partial charge >= 0.3 is 0 Å². The van der Waals surface area contributed by atoms with E-state index in [1.807, 2.05) is 0 Å². The van der Waals surface area contributed by atoms with Crippen molar-refractivity contribution in [2.24, 2.45) is 0 Å². The number of phenols is 1. The number of hydrogen-bond donors (Lipinski definition) is 3. The van der Waals surface area contributed by atoms with Crippen molar-refractivity contribution in [3.8, 4) is 5.75 Å². The molecule has 0 saturated heterocycles. The zero-order chi connectivity index (χ0) is 12.1. The maximum absolute atomic E-state index is 12.8. The Kier molecular flexibility index (Phi) is 4.67. The molecule has 0 spiro atoms. The summed E-state index contributed by atoms with van der Waals surface area (Å²) in [6.07, 6.45) is -1.36. The molecule has 2 atom stereocenters. The van der Waals surface area contributed by atoms with Crippen molar-refractivity contribution in [2.45, 2.75) is 12.2 Å². The quantitative estimate of drug-likeness (QED) is 0.699. The van der Waals surface area contributed by atoms with Gasteiger partial charge < -0.3 is 20.3 Å². The van der Waals surface area contributed by atoms with E-state index in [2.05, 4.69) is 5.32 Å². The summed E-state index contributed by atoms with van der Waals surface area (Å²) in [5.74, 6) is -1.14. The molecule has 1 aromatic rings. The average Bonchev–Trinajstić information content (AvgIpc) is 2.25. The van der Waals surface area contributed by atoms with Crippen LogP contribution in [0.25, 0.3) is 0 Å². The topological polar surface area (TPSA) is 61.7 Å². The number of aromatic hydroxyl groups is 1. The van der Waals surface area contributed by atoms with Crippen LogP contribution in [0.15, 0.2) is 18.2 Å². The number of likely N-dealkylation sites (N-methyl/N-ethyl adjacent to an activating group) is 1. The Balaban J connectivity index is 2.90. The maximum atomic E-state index is 12.8. The van der Waals surface area contributed by atoms with Crippen molar-refractivity contribution in [1.29, 1.82) is 0 Å². The van der Waals surface area contributed by atoms with E-state index >= 15 is 0 Å². The van der Waals surface area contributed by atoms with E-state index in [9.17, 15) is 14.6 Å². The predicted octanol–water partition coefficient (Wildman–Crippen LogP) is 0.799. The fourth-order valence-corrected chi connectivity index (χ4v) is 1.54. The van der Waals surface area contributed by atoms with Crippen molar-refractivity contribution in [1.82, 2.24) is 5.32 Å². The van der Waals surface area contributed by atoms with Gasteiger partial charge in [-0.05, 0) is 24.7 Å². The lowest BCUT2D eigenvalue weighted by molar-refractivity contribution is -0.0117. The van der Waals surface area contributed by atoms with E-state index in [0.717, 1.165) is 6.07 Å². The Morgan fingerprint density at radius 3 is 2.69 bits per heavy atom. The van der Waals surface area contributed by atoms with E-state index in [0.29, 0.717) is 12.1 Å². The monoisotopic (exact) mass is 229 g/mol. The molecule has 0 aromatic heterocycles. The van der Waals surface area contributed by atoms with Crippen molar-refractivity contribution >= 4 is 0 Å². The van der Waals surface area contributed by atoms with Gasteiger partial charge in [-0.2, -0.15) is 0 Å². The number of rotatable bonds is 5. The summed E-state index contributed by atoms with van der Waals surface area (Å²) in [6.45, 7) is 0.344. The van der Waals surface area contributed by atoms with Crippen molar-refractivity contribution in [3.63, 3.8) is 0 Å². The summed E-state index contributed by atoms with van der Waals surface area (Å²) in [5.41, 5.74) is 0.532. The van der Waals surface area contributed by atoms with Gasteiger partial charge in [0.25, 0.3) is 0 Å². The molecule has 0 amide bonds. The molecule has 0 heterocycles. The summed E-state index contributed by atoms with van der Waals surface area (Å²) in [5, 5.41) is 21.8. The number of aliphatic hydroxyl groups excluding tert-OH is 1. The van der Waals surface area contributed by atoms with Crippen LogP contribution >= 0.6 is 0 Å². The molecule has 16 heavy (non-hydrogen) atoms. The van der Waals surface area contributed by atoms with Gasteiger partial charge in [0.2, 0.25) is 0 Å². The Hall–Kier alpha value is -1.17. The maximum Gasteiger partial charge on any atom is 0.164 e. The first-order valence-electron chi connectivity index (χ1n) is 4.94. The standard InChI is InChI=1S/C11H16FNO3/c1-13-6-10(15)11(16-2)7-3-4-8(12)9(14)5-7/h3-5,10-11,13-15H,6H2,1-2H3. The normalized spacial score (nSPS) is 14.8. The summed E-state index contributed by atoms with van der Waals surface area (Å²) in [6, 6.07) is 3.87. The second-order valence-corrected chi connectivity index (χ2v) is 3.49. The van der Waals surface area contributed by atoms with E-state index in [4.69, 9.17) is 4.74 Å². The third-order valence-corrected chi connectivity index (χ3v) is 2.32. The van der Waals surface area contributed by atoms with Crippen LogP contribution in [-0.2, 0) is 4.74 Å². The van der Waals surface area contributed by atoms with Gasteiger partial charge in [0, 0.05) is 13.7 Å². The SMILES string of the molecule is CNCC(O)C(OC)c1ccc(F)c(O)c1.